The van der Waals surface area contributed by atoms with Crippen LogP contribution in [0.4, 0.5) is 15.8 Å². The predicted octanol–water partition coefficient (Wildman–Crippen LogP) is 4.95. The number of hydrogen-bond acceptors (Lipinski definition) is 5. The number of nitrogen functional groups attached to an aromatic ring is 1. The lowest BCUT2D eigenvalue weighted by Crippen LogP contribution is -2.12. The molecular weight excluding hydrogens is 377 g/mol. The third-order valence-corrected chi connectivity index (χ3v) is 5.38. The van der Waals surface area contributed by atoms with Crippen molar-refractivity contribution in [2.24, 2.45) is 0 Å². The van der Waals surface area contributed by atoms with E-state index in [1.54, 1.807) is 13.2 Å². The number of ether oxygens (including phenoxy) is 1. The van der Waals surface area contributed by atoms with Crippen molar-refractivity contribution < 1.29 is 13.9 Å². The van der Waals surface area contributed by atoms with E-state index in [0.717, 1.165) is 17.0 Å². The first kappa shape index (κ1) is 17.9. The molecule has 3 N–H and O–H groups in total. The Hall–Kier alpha value is -3.45. The third kappa shape index (κ3) is 3.39. The molecule has 28 heavy (non-hydrogen) atoms. The summed E-state index contributed by atoms with van der Waals surface area (Å²) in [5, 5.41) is 3.38. The Morgan fingerprint density at radius 3 is 2.64 bits per heavy atom. The minimum Gasteiger partial charge on any atom is -0.497 e. The monoisotopic (exact) mass is 393 g/mol. The van der Waals surface area contributed by atoms with Gasteiger partial charge in [0.2, 0.25) is 0 Å². The average Bonchev–Trinajstić information content (AvgIpc) is 3.04. The molecule has 0 atom stereocenters. The van der Waals surface area contributed by atoms with Gasteiger partial charge in [-0.3, -0.25) is 4.79 Å². The fraction of sp³-hybridized carbons (Fsp3) is 0.0476. The van der Waals surface area contributed by atoms with Crippen molar-refractivity contribution in [3.8, 4) is 17.0 Å². The molecule has 1 amide bonds. The van der Waals surface area contributed by atoms with Gasteiger partial charge in [0.05, 0.1) is 18.5 Å². The highest BCUT2D eigenvalue weighted by Gasteiger charge is 2.18. The second-order valence-electron chi connectivity index (χ2n) is 6.09. The van der Waals surface area contributed by atoms with E-state index in [-0.39, 0.29) is 0 Å². The van der Waals surface area contributed by atoms with E-state index in [1.165, 1.54) is 29.5 Å². The number of thiophene rings is 1. The number of nitrogens with two attached hydrogens (primary N) is 1. The number of fused-ring (bicyclic) bond motifs is 1. The lowest BCUT2D eigenvalue weighted by molar-refractivity contribution is 0.103. The first-order valence-electron chi connectivity index (χ1n) is 8.45. The molecule has 0 spiro atoms. The first-order chi connectivity index (χ1) is 13.5. The number of anilines is 2. The summed E-state index contributed by atoms with van der Waals surface area (Å²) in [6.45, 7) is 0. The SMILES string of the molecule is COc1ccc(-c2ccc3c(N)c(C(=O)Nc4cccc(F)c4)sc3n2)cc1. The van der Waals surface area contributed by atoms with Gasteiger partial charge in [-0.2, -0.15) is 0 Å². The van der Waals surface area contributed by atoms with Crippen LogP contribution in [0.25, 0.3) is 21.5 Å². The summed E-state index contributed by atoms with van der Waals surface area (Å²) in [6, 6.07) is 17.0. The molecule has 0 aliphatic carbocycles. The van der Waals surface area contributed by atoms with Crippen LogP contribution in [0.3, 0.4) is 0 Å². The van der Waals surface area contributed by atoms with Crippen LogP contribution in [-0.4, -0.2) is 18.0 Å². The van der Waals surface area contributed by atoms with Gasteiger partial charge in [0.15, 0.2) is 0 Å². The number of hydrogen-bond donors (Lipinski definition) is 2. The molecule has 0 aliphatic rings. The molecule has 0 radical (unpaired) electrons. The van der Waals surface area contributed by atoms with Crippen molar-refractivity contribution in [2.75, 3.05) is 18.2 Å². The van der Waals surface area contributed by atoms with Crippen molar-refractivity contribution in [3.05, 3.63) is 71.4 Å². The number of rotatable bonds is 4. The smallest absolute Gasteiger partial charge is 0.267 e. The van der Waals surface area contributed by atoms with Crippen LogP contribution in [0.2, 0.25) is 0 Å². The molecule has 5 nitrogen and oxygen atoms in total. The molecule has 2 heterocycles. The maximum absolute atomic E-state index is 13.3. The lowest BCUT2D eigenvalue weighted by Gasteiger charge is -2.04. The second-order valence-corrected chi connectivity index (χ2v) is 7.09. The van der Waals surface area contributed by atoms with Gasteiger partial charge in [-0.1, -0.05) is 6.07 Å². The maximum Gasteiger partial charge on any atom is 0.267 e. The standard InChI is InChI=1S/C21H16FN3O2S/c1-27-15-7-5-12(6-8-15)17-10-9-16-18(23)19(28-21(16)25-17)20(26)24-14-4-2-3-13(22)11-14/h2-11H,23H2,1H3,(H,24,26). The van der Waals surface area contributed by atoms with Crippen LogP contribution in [0.1, 0.15) is 9.67 Å². The largest absolute Gasteiger partial charge is 0.497 e. The van der Waals surface area contributed by atoms with Crippen molar-refractivity contribution in [1.29, 1.82) is 0 Å². The average molecular weight is 393 g/mol. The van der Waals surface area contributed by atoms with E-state index in [9.17, 15) is 9.18 Å². The van der Waals surface area contributed by atoms with Crippen molar-refractivity contribution in [1.82, 2.24) is 4.98 Å². The Balaban J connectivity index is 1.66. The molecule has 4 aromatic rings. The molecule has 4 rings (SSSR count). The molecule has 7 heteroatoms. The van der Waals surface area contributed by atoms with Crippen molar-refractivity contribution in [2.45, 2.75) is 0 Å². The van der Waals surface area contributed by atoms with Crippen LogP contribution < -0.4 is 15.8 Å². The minimum atomic E-state index is -0.423. The van der Waals surface area contributed by atoms with Gasteiger partial charge in [-0.15, -0.1) is 11.3 Å². The molecule has 0 fully saturated rings. The number of halogens is 1. The minimum absolute atomic E-state index is 0.346. The zero-order valence-electron chi connectivity index (χ0n) is 14.9. The van der Waals surface area contributed by atoms with Crippen LogP contribution in [0, 0.1) is 5.82 Å². The van der Waals surface area contributed by atoms with E-state index in [1.807, 2.05) is 36.4 Å². The third-order valence-electron chi connectivity index (χ3n) is 4.27. The molecule has 0 unspecified atom stereocenters. The highest BCUT2D eigenvalue weighted by atomic mass is 32.1. The summed E-state index contributed by atoms with van der Waals surface area (Å²) in [5.74, 6) is -0.0495. The van der Waals surface area contributed by atoms with Gasteiger partial charge in [-0.05, 0) is 54.6 Å². The Kier molecular flexibility index (Phi) is 4.67. The zero-order valence-corrected chi connectivity index (χ0v) is 15.7. The number of carbonyl (C=O) groups is 1. The van der Waals surface area contributed by atoms with E-state index >= 15 is 0 Å². The van der Waals surface area contributed by atoms with Gasteiger partial charge in [0, 0.05) is 16.6 Å². The first-order valence-corrected chi connectivity index (χ1v) is 9.27. The number of carbonyl (C=O) groups excluding carboxylic acids is 1. The maximum atomic E-state index is 13.3. The quantitative estimate of drug-likeness (QED) is 0.515. The van der Waals surface area contributed by atoms with Crippen LogP contribution in [0.5, 0.6) is 5.75 Å². The van der Waals surface area contributed by atoms with E-state index in [4.69, 9.17) is 10.5 Å². The summed E-state index contributed by atoms with van der Waals surface area (Å²) in [6.07, 6.45) is 0. The van der Waals surface area contributed by atoms with Crippen LogP contribution >= 0.6 is 11.3 Å². The van der Waals surface area contributed by atoms with Crippen LogP contribution in [-0.2, 0) is 0 Å². The molecule has 2 aromatic heterocycles. The summed E-state index contributed by atoms with van der Waals surface area (Å²) in [5.41, 5.74) is 8.60. The molecule has 2 aromatic carbocycles. The van der Waals surface area contributed by atoms with Gasteiger partial charge in [-0.25, -0.2) is 9.37 Å². The van der Waals surface area contributed by atoms with Crippen molar-refractivity contribution >= 4 is 38.8 Å². The Morgan fingerprint density at radius 1 is 1.14 bits per heavy atom. The summed E-state index contributed by atoms with van der Waals surface area (Å²) < 4.78 is 18.5. The van der Waals surface area contributed by atoms with Gasteiger partial charge >= 0.3 is 0 Å². The highest BCUT2D eigenvalue weighted by Crippen LogP contribution is 2.35. The number of pyridine rings is 1. The van der Waals surface area contributed by atoms with E-state index in [0.29, 0.717) is 26.5 Å². The fourth-order valence-corrected chi connectivity index (χ4v) is 3.83. The molecule has 0 bridgehead atoms. The van der Waals surface area contributed by atoms with E-state index < -0.39 is 11.7 Å². The Bertz CT molecular complexity index is 1170. The number of methoxy groups -OCH3 is 1. The van der Waals surface area contributed by atoms with Gasteiger partial charge in [0.25, 0.3) is 5.91 Å². The number of aromatic nitrogens is 1. The Morgan fingerprint density at radius 2 is 1.93 bits per heavy atom. The number of nitrogens with one attached hydrogen (secondary N) is 1. The highest BCUT2D eigenvalue weighted by molar-refractivity contribution is 7.21. The molecular formula is C21H16FN3O2S. The number of benzene rings is 2. The summed E-state index contributed by atoms with van der Waals surface area (Å²) >= 11 is 1.21. The summed E-state index contributed by atoms with van der Waals surface area (Å²) in [4.78, 5) is 18.2. The Labute approximate surface area is 164 Å². The zero-order chi connectivity index (χ0) is 19.7. The molecule has 0 saturated heterocycles. The van der Waals surface area contributed by atoms with Gasteiger partial charge < -0.3 is 15.8 Å². The lowest BCUT2D eigenvalue weighted by atomic mass is 10.1. The normalized spacial score (nSPS) is 10.8. The fourth-order valence-electron chi connectivity index (χ4n) is 2.84. The van der Waals surface area contributed by atoms with E-state index in [2.05, 4.69) is 10.3 Å². The van der Waals surface area contributed by atoms with Crippen molar-refractivity contribution in [3.63, 3.8) is 0 Å². The summed E-state index contributed by atoms with van der Waals surface area (Å²) in [7, 11) is 1.62. The van der Waals surface area contributed by atoms with Gasteiger partial charge in [0.1, 0.15) is 21.3 Å². The second kappa shape index (κ2) is 7.28. The van der Waals surface area contributed by atoms with Crippen LogP contribution in [0.15, 0.2) is 60.7 Å². The number of nitrogens with zero attached hydrogens (tertiary/aromatic N) is 1. The number of amides is 1. The predicted molar refractivity (Wildman–Crippen MR) is 110 cm³/mol. The molecule has 0 aliphatic heterocycles. The molecule has 0 saturated carbocycles. The topological polar surface area (TPSA) is 77.2 Å². The molecule has 140 valence electrons.